The van der Waals surface area contributed by atoms with Gasteiger partial charge >= 0.3 is 0 Å². The fourth-order valence-electron chi connectivity index (χ4n) is 1.68. The summed E-state index contributed by atoms with van der Waals surface area (Å²) < 4.78 is 0. The monoisotopic (exact) mass is 237 g/mol. The molecule has 1 aromatic rings. The summed E-state index contributed by atoms with van der Waals surface area (Å²) in [6.45, 7) is 5.93. The Balaban J connectivity index is 2.92. The highest BCUT2D eigenvalue weighted by Gasteiger charge is 2.11. The highest BCUT2D eigenvalue weighted by Crippen LogP contribution is 2.21. The third kappa shape index (κ3) is 3.56. The molecule has 0 saturated carbocycles. The van der Waals surface area contributed by atoms with Gasteiger partial charge in [0.1, 0.15) is 17.5 Å². The largest absolute Gasteiger partial charge is 0.373 e. The molecule has 96 valence electrons. The van der Waals surface area contributed by atoms with Crippen LogP contribution in [0.15, 0.2) is 0 Å². The summed E-state index contributed by atoms with van der Waals surface area (Å²) in [5.41, 5.74) is 1.10. The quantitative estimate of drug-likeness (QED) is 0.832. The van der Waals surface area contributed by atoms with Crippen LogP contribution in [0.4, 0.5) is 11.6 Å². The molecular weight excluding hydrogens is 214 g/mol. The number of nitrogens with zero attached hydrogens (tertiary/aromatic N) is 4. The molecule has 0 radical (unpaired) electrons. The second-order valence-electron chi connectivity index (χ2n) is 4.54. The second-order valence-corrected chi connectivity index (χ2v) is 4.54. The van der Waals surface area contributed by atoms with Crippen molar-refractivity contribution in [3.05, 3.63) is 11.4 Å². The molecule has 0 aliphatic rings. The van der Waals surface area contributed by atoms with Gasteiger partial charge in [-0.2, -0.15) is 0 Å². The van der Waals surface area contributed by atoms with Crippen LogP contribution in [0.5, 0.6) is 0 Å². The van der Waals surface area contributed by atoms with E-state index in [0.717, 1.165) is 36.1 Å². The average Bonchev–Trinajstić information content (AvgIpc) is 2.28. The molecule has 0 spiro atoms. The molecule has 1 N–H and O–H groups in total. The van der Waals surface area contributed by atoms with E-state index in [4.69, 9.17) is 0 Å². The lowest BCUT2D eigenvalue weighted by atomic mass is 10.3. The number of hydrogen-bond donors (Lipinski definition) is 1. The van der Waals surface area contributed by atoms with Gasteiger partial charge in [0.2, 0.25) is 0 Å². The molecule has 1 heterocycles. The van der Waals surface area contributed by atoms with E-state index in [2.05, 4.69) is 46.2 Å². The number of anilines is 2. The van der Waals surface area contributed by atoms with Crippen molar-refractivity contribution in [2.24, 2.45) is 0 Å². The van der Waals surface area contributed by atoms with Crippen molar-refractivity contribution in [2.45, 2.75) is 13.8 Å². The van der Waals surface area contributed by atoms with Crippen LogP contribution in [0.3, 0.4) is 0 Å². The summed E-state index contributed by atoms with van der Waals surface area (Å²) >= 11 is 0. The predicted octanol–water partition coefficient (Wildman–Crippen LogP) is 1.13. The van der Waals surface area contributed by atoms with Crippen molar-refractivity contribution in [3.8, 4) is 0 Å². The standard InChI is InChI=1S/C12H23N5/c1-9-11(13-3)14-10(2)15-12(9)17(6)8-7-16(4)5/h7-8H2,1-6H3,(H,13,14,15). The molecule has 0 atom stereocenters. The second kappa shape index (κ2) is 5.82. The van der Waals surface area contributed by atoms with Gasteiger partial charge in [-0.05, 0) is 27.9 Å². The number of hydrogen-bond acceptors (Lipinski definition) is 5. The van der Waals surface area contributed by atoms with Crippen LogP contribution in [0, 0.1) is 13.8 Å². The number of aryl methyl sites for hydroxylation is 1. The SMILES string of the molecule is CNc1nc(C)nc(N(C)CCN(C)C)c1C. The highest BCUT2D eigenvalue weighted by atomic mass is 15.2. The van der Waals surface area contributed by atoms with Gasteiger partial charge in [0, 0.05) is 32.7 Å². The number of rotatable bonds is 5. The third-order valence-corrected chi connectivity index (χ3v) is 2.71. The lowest BCUT2D eigenvalue weighted by Crippen LogP contribution is -2.30. The Labute approximate surface area is 104 Å². The van der Waals surface area contributed by atoms with Crippen LogP contribution in [-0.4, -0.2) is 56.1 Å². The maximum Gasteiger partial charge on any atom is 0.137 e. The third-order valence-electron chi connectivity index (χ3n) is 2.71. The Hall–Kier alpha value is -1.36. The molecule has 1 rings (SSSR count). The summed E-state index contributed by atoms with van der Waals surface area (Å²) in [6, 6.07) is 0. The number of nitrogens with one attached hydrogen (secondary N) is 1. The van der Waals surface area contributed by atoms with Crippen molar-refractivity contribution in [1.29, 1.82) is 0 Å². The fraction of sp³-hybridized carbons (Fsp3) is 0.667. The first-order chi connectivity index (χ1) is 7.95. The van der Waals surface area contributed by atoms with E-state index in [1.54, 1.807) is 0 Å². The van der Waals surface area contributed by atoms with E-state index in [9.17, 15) is 0 Å². The molecule has 0 aromatic carbocycles. The predicted molar refractivity (Wildman–Crippen MR) is 72.9 cm³/mol. The molecule has 5 nitrogen and oxygen atoms in total. The number of aromatic nitrogens is 2. The van der Waals surface area contributed by atoms with E-state index < -0.39 is 0 Å². The Morgan fingerprint density at radius 2 is 1.71 bits per heavy atom. The van der Waals surface area contributed by atoms with Crippen molar-refractivity contribution in [3.63, 3.8) is 0 Å². The first-order valence-corrected chi connectivity index (χ1v) is 5.84. The van der Waals surface area contributed by atoms with E-state index in [-0.39, 0.29) is 0 Å². The van der Waals surface area contributed by atoms with Crippen LogP contribution >= 0.6 is 0 Å². The van der Waals surface area contributed by atoms with Gasteiger partial charge in [-0.15, -0.1) is 0 Å². The minimum Gasteiger partial charge on any atom is -0.373 e. The molecule has 0 aliphatic heterocycles. The van der Waals surface area contributed by atoms with E-state index >= 15 is 0 Å². The summed E-state index contributed by atoms with van der Waals surface area (Å²) in [4.78, 5) is 13.2. The molecule has 17 heavy (non-hydrogen) atoms. The summed E-state index contributed by atoms with van der Waals surface area (Å²) in [5.74, 6) is 2.71. The normalized spacial score (nSPS) is 10.8. The number of likely N-dealkylation sites (N-methyl/N-ethyl adjacent to an activating group) is 2. The van der Waals surface area contributed by atoms with Crippen molar-refractivity contribution >= 4 is 11.6 Å². The van der Waals surface area contributed by atoms with Crippen LogP contribution in [0.1, 0.15) is 11.4 Å². The summed E-state index contributed by atoms with van der Waals surface area (Å²) in [5, 5.41) is 3.11. The van der Waals surface area contributed by atoms with E-state index in [1.807, 2.05) is 20.9 Å². The van der Waals surface area contributed by atoms with Crippen molar-refractivity contribution in [2.75, 3.05) is 51.5 Å². The van der Waals surface area contributed by atoms with Crippen LogP contribution in [-0.2, 0) is 0 Å². The van der Waals surface area contributed by atoms with Crippen LogP contribution in [0.2, 0.25) is 0 Å². The molecule has 5 heteroatoms. The summed E-state index contributed by atoms with van der Waals surface area (Å²) in [7, 11) is 8.10. The van der Waals surface area contributed by atoms with Gasteiger partial charge in [-0.25, -0.2) is 9.97 Å². The zero-order chi connectivity index (χ0) is 13.0. The lowest BCUT2D eigenvalue weighted by molar-refractivity contribution is 0.416. The fourth-order valence-corrected chi connectivity index (χ4v) is 1.68. The topological polar surface area (TPSA) is 44.3 Å². The average molecular weight is 237 g/mol. The van der Waals surface area contributed by atoms with Gasteiger partial charge in [0.25, 0.3) is 0 Å². The first kappa shape index (κ1) is 13.7. The Morgan fingerprint density at radius 1 is 1.06 bits per heavy atom. The Kier molecular flexibility index (Phi) is 4.69. The van der Waals surface area contributed by atoms with Crippen LogP contribution < -0.4 is 10.2 Å². The van der Waals surface area contributed by atoms with Crippen molar-refractivity contribution < 1.29 is 0 Å². The maximum absolute atomic E-state index is 4.52. The molecule has 0 unspecified atom stereocenters. The van der Waals surface area contributed by atoms with Gasteiger partial charge < -0.3 is 15.1 Å². The zero-order valence-electron chi connectivity index (χ0n) is 11.7. The van der Waals surface area contributed by atoms with Crippen LogP contribution in [0.25, 0.3) is 0 Å². The van der Waals surface area contributed by atoms with Gasteiger partial charge in [0.05, 0.1) is 0 Å². The lowest BCUT2D eigenvalue weighted by Gasteiger charge is -2.23. The van der Waals surface area contributed by atoms with E-state index in [0.29, 0.717) is 0 Å². The molecule has 1 aromatic heterocycles. The highest BCUT2D eigenvalue weighted by molar-refractivity contribution is 5.58. The molecule has 0 aliphatic carbocycles. The summed E-state index contributed by atoms with van der Waals surface area (Å²) in [6.07, 6.45) is 0. The molecule has 0 bridgehead atoms. The molecule has 0 amide bonds. The smallest absolute Gasteiger partial charge is 0.137 e. The maximum atomic E-state index is 4.52. The molecule has 0 fully saturated rings. The van der Waals surface area contributed by atoms with Gasteiger partial charge in [0.15, 0.2) is 0 Å². The molecular formula is C12H23N5. The first-order valence-electron chi connectivity index (χ1n) is 5.84. The van der Waals surface area contributed by atoms with Gasteiger partial charge in [-0.1, -0.05) is 0 Å². The Bertz CT molecular complexity index is 375. The van der Waals surface area contributed by atoms with E-state index in [1.165, 1.54) is 0 Å². The minimum absolute atomic E-state index is 0.798. The zero-order valence-corrected chi connectivity index (χ0v) is 11.7. The van der Waals surface area contributed by atoms with Crippen molar-refractivity contribution in [1.82, 2.24) is 14.9 Å². The molecule has 0 saturated heterocycles. The minimum atomic E-state index is 0.798. The van der Waals surface area contributed by atoms with Gasteiger partial charge in [-0.3, -0.25) is 0 Å². The Morgan fingerprint density at radius 3 is 2.24 bits per heavy atom.